The van der Waals surface area contributed by atoms with Gasteiger partial charge in [0.25, 0.3) is 0 Å². The van der Waals surface area contributed by atoms with Crippen LogP contribution in [0.4, 0.5) is 0 Å². The van der Waals surface area contributed by atoms with Gasteiger partial charge in [0.15, 0.2) is 0 Å². The molecule has 1 aromatic carbocycles. The summed E-state index contributed by atoms with van der Waals surface area (Å²) in [5, 5.41) is 10.0. The van der Waals surface area contributed by atoms with E-state index < -0.39 is 0 Å². The van der Waals surface area contributed by atoms with Crippen molar-refractivity contribution in [2.75, 3.05) is 13.1 Å². The average molecular weight is 233 g/mol. The molecule has 17 heavy (non-hydrogen) atoms. The molecule has 1 heterocycles. The maximum absolute atomic E-state index is 10.0. The number of nitrogens with zero attached hydrogens (tertiary/aromatic N) is 1. The molecular formula is C15H23NO. The van der Waals surface area contributed by atoms with Crippen LogP contribution in [0.1, 0.15) is 37.9 Å². The van der Waals surface area contributed by atoms with Crippen LogP contribution in [0.5, 0.6) is 5.75 Å². The molecule has 0 spiro atoms. The molecule has 3 atom stereocenters. The van der Waals surface area contributed by atoms with Gasteiger partial charge in [-0.15, -0.1) is 0 Å². The molecule has 1 N–H and O–H groups in total. The highest BCUT2D eigenvalue weighted by molar-refractivity contribution is 5.37. The zero-order valence-corrected chi connectivity index (χ0v) is 11.3. The van der Waals surface area contributed by atoms with Gasteiger partial charge in [-0.1, -0.05) is 26.0 Å². The van der Waals surface area contributed by atoms with E-state index in [1.54, 1.807) is 0 Å². The lowest BCUT2D eigenvalue weighted by Gasteiger charge is -2.25. The summed E-state index contributed by atoms with van der Waals surface area (Å²) in [4.78, 5) is 2.47. The van der Waals surface area contributed by atoms with Crippen molar-refractivity contribution in [2.45, 2.75) is 33.7 Å². The quantitative estimate of drug-likeness (QED) is 0.846. The van der Waals surface area contributed by atoms with Gasteiger partial charge in [0.1, 0.15) is 5.75 Å². The fraction of sp³-hybridized carbons (Fsp3) is 0.600. The van der Waals surface area contributed by atoms with Crippen molar-refractivity contribution in [1.29, 1.82) is 0 Å². The Bertz CT molecular complexity index is 392. The zero-order valence-electron chi connectivity index (χ0n) is 11.3. The molecule has 0 bridgehead atoms. The van der Waals surface area contributed by atoms with E-state index in [0.29, 0.717) is 11.8 Å². The van der Waals surface area contributed by atoms with Crippen molar-refractivity contribution >= 4 is 0 Å². The maximum atomic E-state index is 10.0. The number of rotatable bonds is 2. The Morgan fingerprint density at radius 3 is 2.35 bits per heavy atom. The standard InChI is InChI=1S/C15H23NO/c1-10-5-6-14(15(17)7-10)13(4)16-8-11(2)12(3)9-16/h5-7,11-13,17H,8-9H2,1-4H3. The third kappa shape index (κ3) is 2.47. The first-order valence-corrected chi connectivity index (χ1v) is 6.52. The van der Waals surface area contributed by atoms with Crippen LogP contribution >= 0.6 is 0 Å². The van der Waals surface area contributed by atoms with Crippen LogP contribution in [-0.2, 0) is 0 Å². The SMILES string of the molecule is Cc1ccc(C(C)N2CC(C)C(C)C2)c(O)c1. The summed E-state index contributed by atoms with van der Waals surface area (Å²) in [5.41, 5.74) is 2.17. The van der Waals surface area contributed by atoms with E-state index >= 15 is 0 Å². The van der Waals surface area contributed by atoms with Gasteiger partial charge in [-0.25, -0.2) is 0 Å². The van der Waals surface area contributed by atoms with Gasteiger partial charge < -0.3 is 5.11 Å². The van der Waals surface area contributed by atoms with Crippen molar-refractivity contribution in [3.8, 4) is 5.75 Å². The van der Waals surface area contributed by atoms with Crippen LogP contribution in [0.15, 0.2) is 18.2 Å². The van der Waals surface area contributed by atoms with E-state index in [1.165, 1.54) is 0 Å². The Balaban J connectivity index is 2.17. The Morgan fingerprint density at radius 2 is 1.82 bits per heavy atom. The van der Waals surface area contributed by atoms with Crippen molar-refractivity contribution in [3.05, 3.63) is 29.3 Å². The van der Waals surface area contributed by atoms with Crippen molar-refractivity contribution in [3.63, 3.8) is 0 Å². The lowest BCUT2D eigenvalue weighted by atomic mass is 10.0. The molecule has 0 amide bonds. The Kier molecular flexibility index (Phi) is 3.43. The van der Waals surface area contributed by atoms with Crippen LogP contribution in [0.2, 0.25) is 0 Å². The molecular weight excluding hydrogens is 210 g/mol. The second-order valence-electron chi connectivity index (χ2n) is 5.65. The van der Waals surface area contributed by atoms with Crippen LogP contribution in [-0.4, -0.2) is 23.1 Å². The van der Waals surface area contributed by atoms with Crippen LogP contribution in [0, 0.1) is 18.8 Å². The maximum Gasteiger partial charge on any atom is 0.120 e. The van der Waals surface area contributed by atoms with Crippen LogP contribution in [0.3, 0.4) is 0 Å². The number of hydrogen-bond acceptors (Lipinski definition) is 2. The van der Waals surface area contributed by atoms with Gasteiger partial charge >= 0.3 is 0 Å². The summed E-state index contributed by atoms with van der Waals surface area (Å²) < 4.78 is 0. The molecule has 2 rings (SSSR count). The Hall–Kier alpha value is -1.02. The normalized spacial score (nSPS) is 27.3. The van der Waals surface area contributed by atoms with Crippen molar-refractivity contribution < 1.29 is 5.11 Å². The topological polar surface area (TPSA) is 23.5 Å². The predicted octanol–water partition coefficient (Wildman–Crippen LogP) is 3.35. The number of benzene rings is 1. The largest absolute Gasteiger partial charge is 0.508 e. The number of likely N-dealkylation sites (tertiary alicyclic amines) is 1. The third-order valence-electron chi connectivity index (χ3n) is 4.20. The average Bonchev–Trinajstić information content (AvgIpc) is 2.58. The molecule has 0 aromatic heterocycles. The second kappa shape index (κ2) is 4.69. The summed E-state index contributed by atoms with van der Waals surface area (Å²) in [7, 11) is 0. The zero-order chi connectivity index (χ0) is 12.6. The fourth-order valence-corrected chi connectivity index (χ4v) is 2.69. The van der Waals surface area contributed by atoms with Crippen LogP contribution in [0.25, 0.3) is 0 Å². The molecule has 1 aliphatic rings. The van der Waals surface area contributed by atoms with Gasteiger partial charge in [0, 0.05) is 24.7 Å². The van der Waals surface area contributed by atoms with Crippen molar-refractivity contribution in [1.82, 2.24) is 4.90 Å². The monoisotopic (exact) mass is 233 g/mol. The minimum Gasteiger partial charge on any atom is -0.508 e. The summed E-state index contributed by atoms with van der Waals surface area (Å²) in [6.45, 7) is 11.1. The van der Waals surface area contributed by atoms with Crippen molar-refractivity contribution in [2.24, 2.45) is 11.8 Å². The van der Waals surface area contributed by atoms with Gasteiger partial charge in [0.05, 0.1) is 0 Å². The lowest BCUT2D eigenvalue weighted by Crippen LogP contribution is -2.24. The van der Waals surface area contributed by atoms with E-state index in [-0.39, 0.29) is 0 Å². The van der Waals surface area contributed by atoms with Crippen LogP contribution < -0.4 is 0 Å². The number of aryl methyl sites for hydroxylation is 1. The van der Waals surface area contributed by atoms with Gasteiger partial charge in [-0.05, 0) is 37.3 Å². The first kappa shape index (κ1) is 12.4. The molecule has 0 saturated carbocycles. The fourth-order valence-electron chi connectivity index (χ4n) is 2.69. The lowest BCUT2D eigenvalue weighted by molar-refractivity contribution is 0.246. The summed E-state index contributed by atoms with van der Waals surface area (Å²) in [5.74, 6) is 1.94. The highest BCUT2D eigenvalue weighted by atomic mass is 16.3. The molecule has 1 aliphatic heterocycles. The highest BCUT2D eigenvalue weighted by Gasteiger charge is 2.30. The van der Waals surface area contributed by atoms with Gasteiger partial charge in [-0.3, -0.25) is 4.90 Å². The minimum atomic E-state index is 0.308. The third-order valence-corrected chi connectivity index (χ3v) is 4.20. The molecule has 2 nitrogen and oxygen atoms in total. The Labute approximate surface area is 104 Å². The van der Waals surface area contributed by atoms with Gasteiger partial charge in [0.2, 0.25) is 0 Å². The summed E-state index contributed by atoms with van der Waals surface area (Å²) >= 11 is 0. The predicted molar refractivity (Wildman–Crippen MR) is 71.2 cm³/mol. The molecule has 0 radical (unpaired) electrons. The highest BCUT2D eigenvalue weighted by Crippen LogP contribution is 2.34. The molecule has 0 aliphatic carbocycles. The summed E-state index contributed by atoms with van der Waals surface area (Å²) in [6, 6.07) is 6.30. The molecule has 2 heteroatoms. The Morgan fingerprint density at radius 1 is 1.24 bits per heavy atom. The van der Waals surface area contributed by atoms with E-state index in [1.807, 2.05) is 13.0 Å². The number of phenols is 1. The number of phenolic OH excluding ortho intramolecular Hbond substituents is 1. The van der Waals surface area contributed by atoms with E-state index in [4.69, 9.17) is 0 Å². The first-order chi connectivity index (χ1) is 7.99. The first-order valence-electron chi connectivity index (χ1n) is 6.52. The number of hydrogen-bond donors (Lipinski definition) is 1. The molecule has 1 saturated heterocycles. The van der Waals surface area contributed by atoms with Gasteiger partial charge in [-0.2, -0.15) is 0 Å². The van der Waals surface area contributed by atoms with E-state index in [0.717, 1.165) is 36.1 Å². The second-order valence-corrected chi connectivity index (χ2v) is 5.65. The number of aromatic hydroxyl groups is 1. The van der Waals surface area contributed by atoms with E-state index in [2.05, 4.69) is 37.8 Å². The molecule has 3 unspecified atom stereocenters. The summed E-state index contributed by atoms with van der Waals surface area (Å²) in [6.07, 6.45) is 0. The molecule has 1 aromatic rings. The minimum absolute atomic E-state index is 0.308. The van der Waals surface area contributed by atoms with E-state index in [9.17, 15) is 5.11 Å². The molecule has 94 valence electrons. The smallest absolute Gasteiger partial charge is 0.120 e. The molecule has 1 fully saturated rings.